The lowest BCUT2D eigenvalue weighted by molar-refractivity contribution is -0.124. The summed E-state index contributed by atoms with van der Waals surface area (Å²) in [6.07, 6.45) is 1.13. The largest absolute Gasteiger partial charge is 0.454 e. The molecule has 8 heteroatoms. The Labute approximate surface area is 174 Å². The van der Waals surface area contributed by atoms with Crippen molar-refractivity contribution < 1.29 is 23.8 Å². The van der Waals surface area contributed by atoms with E-state index in [9.17, 15) is 9.59 Å². The number of ether oxygens (including phenoxy) is 3. The van der Waals surface area contributed by atoms with Gasteiger partial charge in [-0.05, 0) is 36.6 Å². The molecule has 8 nitrogen and oxygen atoms in total. The summed E-state index contributed by atoms with van der Waals surface area (Å²) in [5.41, 5.74) is 8.48. The van der Waals surface area contributed by atoms with Crippen LogP contribution in [0.4, 0.5) is 10.5 Å². The van der Waals surface area contributed by atoms with Gasteiger partial charge < -0.3 is 19.9 Å². The van der Waals surface area contributed by atoms with Crippen molar-refractivity contribution in [2.24, 2.45) is 5.73 Å². The second kappa shape index (κ2) is 7.53. The van der Waals surface area contributed by atoms with Gasteiger partial charge in [0.1, 0.15) is 12.6 Å². The lowest BCUT2D eigenvalue weighted by Crippen LogP contribution is -2.51. The van der Waals surface area contributed by atoms with E-state index in [0.717, 1.165) is 29.7 Å². The number of amides is 2. The third kappa shape index (κ3) is 3.23. The Hall–Kier alpha value is -3.26. The van der Waals surface area contributed by atoms with Crippen LogP contribution in [-0.2, 0) is 16.1 Å². The van der Waals surface area contributed by atoms with Crippen LogP contribution in [0.5, 0.6) is 11.5 Å². The number of rotatable bonds is 4. The third-order valence-electron chi connectivity index (χ3n) is 6.01. The molecule has 3 aliphatic rings. The van der Waals surface area contributed by atoms with Gasteiger partial charge in [0.25, 0.3) is 0 Å². The van der Waals surface area contributed by atoms with Crippen LogP contribution in [-0.4, -0.2) is 42.8 Å². The molecule has 0 radical (unpaired) electrons. The van der Waals surface area contributed by atoms with Crippen molar-refractivity contribution in [3.05, 3.63) is 53.6 Å². The number of anilines is 1. The van der Waals surface area contributed by atoms with Gasteiger partial charge in [0.2, 0.25) is 12.7 Å². The highest BCUT2D eigenvalue weighted by Crippen LogP contribution is 2.37. The van der Waals surface area contributed by atoms with Crippen molar-refractivity contribution in [3.8, 4) is 11.5 Å². The highest BCUT2D eigenvalue weighted by atomic mass is 16.7. The number of nitrogens with zero attached hydrogens (tertiary/aromatic N) is 2. The van der Waals surface area contributed by atoms with Crippen LogP contribution in [0, 0.1) is 0 Å². The molecule has 0 aromatic heterocycles. The zero-order chi connectivity index (χ0) is 20.7. The number of likely N-dealkylation sites (tertiary alicyclic amines) is 1. The number of para-hydroxylation sites is 1. The van der Waals surface area contributed by atoms with Gasteiger partial charge >= 0.3 is 6.09 Å². The van der Waals surface area contributed by atoms with Crippen molar-refractivity contribution in [1.82, 2.24) is 4.90 Å². The molecule has 2 N–H and O–H groups in total. The zero-order valence-corrected chi connectivity index (χ0v) is 16.5. The standard InChI is InChI=1S/C22H23N3O5/c23-21(26)20(14-5-6-18-19(11-14)30-13-29-18)24-9-7-16(8-10-24)25-17-4-2-1-3-15(17)12-28-22(25)27/h1-6,11,16,20H,7-10,12-13H2,(H2,23,26). The van der Waals surface area contributed by atoms with E-state index in [-0.39, 0.29) is 18.9 Å². The molecule has 3 heterocycles. The van der Waals surface area contributed by atoms with E-state index in [0.29, 0.717) is 31.2 Å². The molecule has 1 saturated heterocycles. The Bertz CT molecular complexity index is 986. The molecule has 1 atom stereocenters. The normalized spacial score (nSPS) is 19.9. The number of piperidine rings is 1. The minimum atomic E-state index is -0.555. The maximum atomic E-state index is 12.5. The number of fused-ring (bicyclic) bond motifs is 2. The van der Waals surface area contributed by atoms with E-state index in [4.69, 9.17) is 19.9 Å². The number of benzene rings is 2. The Morgan fingerprint density at radius 2 is 1.80 bits per heavy atom. The van der Waals surface area contributed by atoms with Crippen molar-refractivity contribution in [3.63, 3.8) is 0 Å². The van der Waals surface area contributed by atoms with Crippen LogP contribution in [0.2, 0.25) is 0 Å². The summed E-state index contributed by atoms with van der Waals surface area (Å²) in [6, 6.07) is 12.8. The molecule has 0 aliphatic carbocycles. The Morgan fingerprint density at radius 1 is 1.03 bits per heavy atom. The average Bonchev–Trinajstić information content (AvgIpc) is 3.22. The number of nitrogens with two attached hydrogens (primary N) is 1. The van der Waals surface area contributed by atoms with E-state index in [1.807, 2.05) is 36.4 Å². The maximum absolute atomic E-state index is 12.5. The molecule has 0 bridgehead atoms. The first-order valence-corrected chi connectivity index (χ1v) is 10.1. The van der Waals surface area contributed by atoms with Crippen LogP contribution in [0.3, 0.4) is 0 Å². The topological polar surface area (TPSA) is 94.3 Å². The summed E-state index contributed by atoms with van der Waals surface area (Å²) in [7, 11) is 0. The second-order valence-corrected chi connectivity index (χ2v) is 7.74. The molecule has 30 heavy (non-hydrogen) atoms. The van der Waals surface area contributed by atoms with Crippen molar-refractivity contribution >= 4 is 17.7 Å². The van der Waals surface area contributed by atoms with Crippen LogP contribution in [0.25, 0.3) is 0 Å². The highest BCUT2D eigenvalue weighted by molar-refractivity contribution is 5.91. The van der Waals surface area contributed by atoms with Crippen molar-refractivity contribution in [2.45, 2.75) is 31.5 Å². The summed E-state index contributed by atoms with van der Waals surface area (Å²) in [5.74, 6) is 0.888. The Morgan fingerprint density at radius 3 is 2.60 bits per heavy atom. The smallest absolute Gasteiger partial charge is 0.414 e. The number of cyclic esters (lactones) is 1. The van der Waals surface area contributed by atoms with E-state index < -0.39 is 11.9 Å². The van der Waals surface area contributed by atoms with Crippen LogP contribution in [0.15, 0.2) is 42.5 Å². The van der Waals surface area contributed by atoms with Gasteiger partial charge in [-0.25, -0.2) is 4.79 Å². The average molecular weight is 409 g/mol. The molecule has 0 saturated carbocycles. The summed E-state index contributed by atoms with van der Waals surface area (Å²) >= 11 is 0. The Balaban J connectivity index is 1.33. The molecule has 1 unspecified atom stereocenters. The Kier molecular flexibility index (Phi) is 4.71. The summed E-state index contributed by atoms with van der Waals surface area (Å²) in [4.78, 5) is 28.6. The quantitative estimate of drug-likeness (QED) is 0.834. The van der Waals surface area contributed by atoms with E-state index in [1.54, 1.807) is 11.0 Å². The van der Waals surface area contributed by atoms with Gasteiger partial charge in [0.05, 0.1) is 5.69 Å². The van der Waals surface area contributed by atoms with Gasteiger partial charge in [-0.3, -0.25) is 14.6 Å². The fraction of sp³-hybridized carbons (Fsp3) is 0.364. The minimum absolute atomic E-state index is 0.0143. The molecule has 5 rings (SSSR count). The molecule has 0 spiro atoms. The predicted molar refractivity (Wildman–Crippen MR) is 108 cm³/mol. The van der Waals surface area contributed by atoms with E-state index in [1.165, 1.54) is 0 Å². The van der Waals surface area contributed by atoms with Crippen LogP contribution in [0.1, 0.15) is 30.0 Å². The van der Waals surface area contributed by atoms with Gasteiger partial charge in [-0.15, -0.1) is 0 Å². The highest BCUT2D eigenvalue weighted by Gasteiger charge is 2.37. The molecular weight excluding hydrogens is 386 g/mol. The third-order valence-corrected chi connectivity index (χ3v) is 6.01. The lowest BCUT2D eigenvalue weighted by Gasteiger charge is -2.41. The zero-order valence-electron chi connectivity index (χ0n) is 16.5. The lowest BCUT2D eigenvalue weighted by atomic mass is 9.96. The SMILES string of the molecule is NC(=O)C(c1ccc2c(c1)OCO2)N1CCC(N2C(=O)OCc3ccccc32)CC1. The number of hydrogen-bond acceptors (Lipinski definition) is 6. The maximum Gasteiger partial charge on any atom is 0.414 e. The van der Waals surface area contributed by atoms with Crippen LogP contribution < -0.4 is 20.1 Å². The molecular formula is C22H23N3O5. The van der Waals surface area contributed by atoms with Gasteiger partial charge in [0.15, 0.2) is 11.5 Å². The first kappa shape index (κ1) is 18.7. The van der Waals surface area contributed by atoms with Crippen molar-refractivity contribution in [2.75, 3.05) is 24.8 Å². The fourth-order valence-corrected chi connectivity index (χ4v) is 4.56. The number of hydrogen-bond donors (Lipinski definition) is 1. The molecule has 2 aromatic carbocycles. The summed E-state index contributed by atoms with van der Waals surface area (Å²) in [5, 5.41) is 0. The molecule has 2 amide bonds. The van der Waals surface area contributed by atoms with E-state index in [2.05, 4.69) is 4.90 Å². The molecule has 156 valence electrons. The predicted octanol–water partition coefficient (Wildman–Crippen LogP) is 2.56. The van der Waals surface area contributed by atoms with E-state index >= 15 is 0 Å². The number of carbonyl (C=O) groups is 2. The first-order valence-electron chi connectivity index (χ1n) is 10.1. The first-order chi connectivity index (χ1) is 14.6. The molecule has 2 aromatic rings. The molecule has 3 aliphatic heterocycles. The van der Waals surface area contributed by atoms with Gasteiger partial charge in [-0.2, -0.15) is 0 Å². The summed E-state index contributed by atoms with van der Waals surface area (Å²) < 4.78 is 16.2. The van der Waals surface area contributed by atoms with Gasteiger partial charge in [0, 0.05) is 24.7 Å². The second-order valence-electron chi connectivity index (χ2n) is 7.74. The van der Waals surface area contributed by atoms with Crippen LogP contribution >= 0.6 is 0 Å². The monoisotopic (exact) mass is 409 g/mol. The number of carbonyl (C=O) groups excluding carboxylic acids is 2. The van der Waals surface area contributed by atoms with Gasteiger partial charge in [-0.1, -0.05) is 24.3 Å². The van der Waals surface area contributed by atoms with Crippen molar-refractivity contribution in [1.29, 1.82) is 0 Å². The fourth-order valence-electron chi connectivity index (χ4n) is 4.56. The summed E-state index contributed by atoms with van der Waals surface area (Å²) in [6.45, 7) is 1.76. The molecule has 1 fully saturated rings. The minimum Gasteiger partial charge on any atom is -0.454 e. The number of primary amides is 1.